The maximum atomic E-state index is 2.79. The number of aryl methyl sites for hydroxylation is 6. The Labute approximate surface area is 241 Å². The van der Waals surface area contributed by atoms with Gasteiger partial charge in [-0.1, -0.05) is 142 Å². The van der Waals surface area contributed by atoms with Crippen LogP contribution in [0.5, 0.6) is 0 Å². The van der Waals surface area contributed by atoms with Gasteiger partial charge in [0.25, 0.3) is 0 Å². The fraction of sp³-hybridized carbons (Fsp3) is 0.189. The monoisotopic (exact) mass is 517 g/mol. The van der Waals surface area contributed by atoms with Crippen molar-refractivity contribution >= 4 is 41.1 Å². The van der Waals surface area contributed by atoms with E-state index in [1.807, 2.05) is 0 Å². The second-order valence-corrected chi connectivity index (χ2v) is 11.6. The van der Waals surface area contributed by atoms with Crippen LogP contribution in [-0.4, -0.2) is 13.6 Å². The van der Waals surface area contributed by atoms with E-state index >= 15 is 0 Å². The van der Waals surface area contributed by atoms with Gasteiger partial charge in [-0.25, -0.2) is 0 Å². The lowest BCUT2D eigenvalue weighted by Gasteiger charge is -2.50. The highest BCUT2D eigenvalue weighted by atomic mass is 15.1. The fourth-order valence-electron chi connectivity index (χ4n) is 7.18. The van der Waals surface area contributed by atoms with Crippen molar-refractivity contribution in [1.29, 1.82) is 0 Å². The van der Waals surface area contributed by atoms with E-state index in [2.05, 4.69) is 156 Å². The van der Waals surface area contributed by atoms with Crippen molar-refractivity contribution in [2.45, 2.75) is 47.5 Å². The molecule has 0 amide bonds. The van der Waals surface area contributed by atoms with Gasteiger partial charge in [-0.2, -0.15) is 0 Å². The minimum absolute atomic E-state index is 0.0853. The van der Waals surface area contributed by atoms with Gasteiger partial charge in [0.05, 0.1) is 0 Å². The zero-order valence-corrected chi connectivity index (χ0v) is 24.6. The Bertz CT molecular complexity index is 1680. The van der Waals surface area contributed by atoms with Crippen molar-refractivity contribution in [3.8, 4) is 0 Å². The zero-order valence-electron chi connectivity index (χ0n) is 24.6. The van der Waals surface area contributed by atoms with Crippen molar-refractivity contribution in [3.05, 3.63) is 148 Å². The molecule has 6 rings (SSSR count). The van der Waals surface area contributed by atoms with Crippen molar-refractivity contribution in [1.82, 2.24) is 0 Å². The van der Waals surface area contributed by atoms with Crippen LogP contribution < -0.4 is 26.7 Å². The van der Waals surface area contributed by atoms with E-state index in [0.717, 1.165) is 0 Å². The lowest BCUT2D eigenvalue weighted by atomic mass is 9.25. The molecular weight excluding hydrogens is 480 g/mol. The molecule has 0 aromatic heterocycles. The van der Waals surface area contributed by atoms with Crippen LogP contribution in [0.4, 0.5) is 5.69 Å². The van der Waals surface area contributed by atoms with E-state index in [9.17, 15) is 0 Å². The van der Waals surface area contributed by atoms with Gasteiger partial charge in [0.2, 0.25) is 6.71 Å². The summed E-state index contributed by atoms with van der Waals surface area (Å²) in [6.07, 6.45) is 0. The molecule has 0 radical (unpaired) electrons. The summed E-state index contributed by atoms with van der Waals surface area (Å²) in [5, 5.41) is 0. The third-order valence-corrected chi connectivity index (χ3v) is 9.07. The van der Waals surface area contributed by atoms with Crippen LogP contribution in [0.25, 0.3) is 0 Å². The number of hydrogen-bond donors (Lipinski definition) is 0. The Morgan fingerprint density at radius 2 is 0.925 bits per heavy atom. The molecule has 0 spiro atoms. The van der Waals surface area contributed by atoms with Gasteiger partial charge in [0.15, 0.2) is 0 Å². The number of para-hydroxylation sites is 1. The maximum absolute atomic E-state index is 2.79. The highest BCUT2D eigenvalue weighted by molar-refractivity contribution is 7.01. The number of benzene rings is 5. The molecule has 1 aliphatic rings. The molecule has 3 heteroatoms. The Hall–Kier alpha value is -3.97. The quantitative estimate of drug-likeness (QED) is 0.263. The largest absolute Gasteiger partial charge is 0.406 e. The minimum atomic E-state index is 0.0853. The summed E-state index contributed by atoms with van der Waals surface area (Å²) < 4.78 is 0. The predicted octanol–water partition coefficient (Wildman–Crippen LogP) is 6.05. The summed E-state index contributed by atoms with van der Waals surface area (Å²) in [5.74, 6) is 0.112. The fourth-order valence-corrected chi connectivity index (χ4v) is 7.18. The first-order chi connectivity index (χ1) is 19.4. The highest BCUT2D eigenvalue weighted by Crippen LogP contribution is 2.38. The highest BCUT2D eigenvalue weighted by Gasteiger charge is 2.49. The van der Waals surface area contributed by atoms with Gasteiger partial charge >= 0.3 is 6.85 Å². The Kier molecular flexibility index (Phi) is 6.92. The lowest BCUT2D eigenvalue weighted by Crippen LogP contribution is -2.75. The molecule has 196 valence electrons. The van der Waals surface area contributed by atoms with E-state index in [1.54, 1.807) is 0 Å². The van der Waals surface area contributed by atoms with E-state index < -0.39 is 0 Å². The van der Waals surface area contributed by atoms with Crippen LogP contribution >= 0.6 is 0 Å². The van der Waals surface area contributed by atoms with Crippen LogP contribution in [0, 0.1) is 41.5 Å². The van der Waals surface area contributed by atoms with Gasteiger partial charge in [-0.05, 0) is 69.3 Å². The maximum Gasteiger partial charge on any atom is 0.323 e. The zero-order chi connectivity index (χ0) is 28.0. The molecule has 1 atom stereocenters. The molecule has 0 aliphatic carbocycles. The molecule has 0 saturated carbocycles. The third kappa shape index (κ3) is 4.29. The predicted molar refractivity (Wildman–Crippen MR) is 176 cm³/mol. The van der Waals surface area contributed by atoms with Crippen molar-refractivity contribution < 1.29 is 0 Å². The Morgan fingerprint density at radius 3 is 1.55 bits per heavy atom. The van der Waals surface area contributed by atoms with Crippen LogP contribution in [0.2, 0.25) is 0 Å². The lowest BCUT2D eigenvalue weighted by molar-refractivity contribution is 0.935. The van der Waals surface area contributed by atoms with E-state index in [1.165, 1.54) is 66.5 Å². The molecule has 1 aliphatic heterocycles. The average Bonchev–Trinajstić information content (AvgIpc) is 2.94. The van der Waals surface area contributed by atoms with Crippen molar-refractivity contribution in [2.75, 3.05) is 4.81 Å². The first-order valence-corrected chi connectivity index (χ1v) is 14.5. The summed E-state index contributed by atoms with van der Waals surface area (Å²) in [4.78, 5) is 2.79. The minimum Gasteiger partial charge on any atom is -0.406 e. The molecule has 1 heterocycles. The Balaban J connectivity index is 1.81. The molecule has 0 N–H and O–H groups in total. The Morgan fingerprint density at radius 1 is 0.450 bits per heavy atom. The van der Waals surface area contributed by atoms with E-state index in [4.69, 9.17) is 0 Å². The number of rotatable bonds is 4. The normalized spacial score (nSPS) is 14.8. The summed E-state index contributed by atoms with van der Waals surface area (Å²) in [6.45, 7) is 13.9. The third-order valence-electron chi connectivity index (χ3n) is 9.07. The summed E-state index contributed by atoms with van der Waals surface area (Å²) >= 11 is 0. The molecule has 40 heavy (non-hydrogen) atoms. The standard InChI is InChI=1S/C37H37B2N/c1-25-15-7-10-21-31(25)37-38(32-22-11-8-16-26(32)2)34-24-14-18-28(4)35(34)39(33-23-12-9-17-27(33)3)40(37)36-29(5)19-13-20-30(36)6/h7-24,37H,1-6H3. The van der Waals surface area contributed by atoms with Crippen LogP contribution in [0.15, 0.2) is 109 Å². The second kappa shape index (κ2) is 10.5. The smallest absolute Gasteiger partial charge is 0.323 e. The summed E-state index contributed by atoms with van der Waals surface area (Å²) in [7, 11) is 0. The first-order valence-electron chi connectivity index (χ1n) is 14.5. The number of hydrogen-bond acceptors (Lipinski definition) is 1. The summed E-state index contributed by atoms with van der Waals surface area (Å²) in [5.41, 5.74) is 16.4. The molecule has 5 aromatic carbocycles. The molecule has 0 bridgehead atoms. The first kappa shape index (κ1) is 26.3. The SMILES string of the molecule is Cc1ccccc1B1c2cccc(C)c2B(c2ccccc2C)N(c2c(C)cccc2C)C1c1ccccc1C. The van der Waals surface area contributed by atoms with Crippen molar-refractivity contribution in [2.24, 2.45) is 0 Å². The number of nitrogens with zero attached hydrogens (tertiary/aromatic N) is 1. The molecule has 0 fully saturated rings. The molecule has 5 aromatic rings. The van der Waals surface area contributed by atoms with Crippen LogP contribution in [0.3, 0.4) is 0 Å². The van der Waals surface area contributed by atoms with Gasteiger partial charge < -0.3 is 4.81 Å². The van der Waals surface area contributed by atoms with Crippen LogP contribution in [-0.2, 0) is 0 Å². The van der Waals surface area contributed by atoms with E-state index in [0.29, 0.717) is 0 Å². The van der Waals surface area contributed by atoms with E-state index in [-0.39, 0.29) is 19.5 Å². The number of anilines is 1. The molecular formula is C37H37B2N. The van der Waals surface area contributed by atoms with Gasteiger partial charge in [-0.15, -0.1) is 0 Å². The van der Waals surface area contributed by atoms with Crippen molar-refractivity contribution in [3.63, 3.8) is 0 Å². The molecule has 1 nitrogen and oxygen atoms in total. The molecule has 0 saturated heterocycles. The van der Waals surface area contributed by atoms with Gasteiger partial charge in [-0.3, -0.25) is 0 Å². The average molecular weight is 517 g/mol. The number of fused-ring (bicyclic) bond motifs is 1. The summed E-state index contributed by atoms with van der Waals surface area (Å²) in [6, 6.07) is 40.8. The van der Waals surface area contributed by atoms with Gasteiger partial charge in [0.1, 0.15) is 0 Å². The van der Waals surface area contributed by atoms with Crippen LogP contribution in [0.1, 0.15) is 44.9 Å². The topological polar surface area (TPSA) is 3.24 Å². The molecule has 1 unspecified atom stereocenters. The second-order valence-electron chi connectivity index (χ2n) is 11.6. The van der Waals surface area contributed by atoms with Gasteiger partial charge in [0, 0.05) is 11.6 Å².